The minimum atomic E-state index is -2.61. The third kappa shape index (κ3) is 2.73. The molecule has 2 unspecified atom stereocenters. The Morgan fingerprint density at radius 1 is 1.36 bits per heavy atom. The Labute approximate surface area is 128 Å². The van der Waals surface area contributed by atoms with E-state index >= 15 is 0 Å². The highest BCUT2D eigenvalue weighted by molar-refractivity contribution is 5.75. The molecule has 1 aliphatic heterocycles. The molecule has 1 N–H and O–H groups in total. The van der Waals surface area contributed by atoms with Gasteiger partial charge in [-0.1, -0.05) is 19.1 Å². The molecule has 1 aromatic carbocycles. The summed E-state index contributed by atoms with van der Waals surface area (Å²) in [5.74, 6) is 0.729. The fourth-order valence-electron chi connectivity index (χ4n) is 3.43. The number of nitrogens with zero attached hydrogens (tertiary/aromatic N) is 3. The largest absolute Gasteiger partial charge is 0.395 e. The van der Waals surface area contributed by atoms with Crippen molar-refractivity contribution in [1.29, 1.82) is 0 Å². The molecule has 22 heavy (non-hydrogen) atoms. The van der Waals surface area contributed by atoms with E-state index in [4.69, 9.17) is 0 Å². The Morgan fingerprint density at radius 3 is 2.86 bits per heavy atom. The molecule has 3 rings (SSSR count). The zero-order valence-corrected chi connectivity index (χ0v) is 12.6. The van der Waals surface area contributed by atoms with Crippen molar-refractivity contribution in [2.75, 3.05) is 13.2 Å². The first-order chi connectivity index (χ1) is 10.6. The Bertz CT molecular complexity index is 643. The molecule has 2 aromatic rings. The number of alkyl halides is 2. The van der Waals surface area contributed by atoms with Crippen LogP contribution >= 0.6 is 0 Å². The molecule has 2 atom stereocenters. The van der Waals surface area contributed by atoms with E-state index in [1.165, 1.54) is 0 Å². The lowest BCUT2D eigenvalue weighted by atomic mass is 9.91. The summed E-state index contributed by atoms with van der Waals surface area (Å²) in [6.07, 6.45) is 2.08. The van der Waals surface area contributed by atoms with E-state index in [9.17, 15) is 13.9 Å². The first kappa shape index (κ1) is 15.4. The van der Waals surface area contributed by atoms with Crippen LogP contribution in [0.3, 0.4) is 0 Å². The van der Waals surface area contributed by atoms with Crippen LogP contribution in [0.1, 0.15) is 32.1 Å². The van der Waals surface area contributed by atoms with Crippen LogP contribution in [0.2, 0.25) is 0 Å². The number of halogens is 2. The smallest absolute Gasteiger partial charge is 0.320 e. The lowest BCUT2D eigenvalue weighted by Crippen LogP contribution is -2.46. The molecule has 2 heterocycles. The minimum Gasteiger partial charge on any atom is -0.395 e. The highest BCUT2D eigenvalue weighted by Gasteiger charge is 2.29. The number of hydrogen-bond acceptors (Lipinski definition) is 3. The Hall–Kier alpha value is -1.53. The molecule has 1 aliphatic rings. The van der Waals surface area contributed by atoms with Gasteiger partial charge in [-0.3, -0.25) is 9.47 Å². The fourth-order valence-corrected chi connectivity index (χ4v) is 3.43. The second-order valence-electron chi connectivity index (χ2n) is 6.00. The van der Waals surface area contributed by atoms with Gasteiger partial charge in [-0.2, -0.15) is 8.78 Å². The number of para-hydroxylation sites is 2. The van der Waals surface area contributed by atoms with E-state index < -0.39 is 6.55 Å². The van der Waals surface area contributed by atoms with Gasteiger partial charge in [0.15, 0.2) is 0 Å². The van der Waals surface area contributed by atoms with E-state index in [0.717, 1.165) is 24.0 Å². The van der Waals surface area contributed by atoms with Gasteiger partial charge < -0.3 is 5.11 Å². The van der Waals surface area contributed by atoms with Gasteiger partial charge in [0.05, 0.1) is 24.2 Å². The van der Waals surface area contributed by atoms with Crippen molar-refractivity contribution in [2.24, 2.45) is 5.92 Å². The van der Waals surface area contributed by atoms with Crippen LogP contribution in [-0.4, -0.2) is 38.8 Å². The molecule has 4 nitrogen and oxygen atoms in total. The number of hydrogen-bond donors (Lipinski definition) is 1. The molecule has 0 bridgehead atoms. The van der Waals surface area contributed by atoms with Gasteiger partial charge >= 0.3 is 6.55 Å². The topological polar surface area (TPSA) is 41.3 Å². The Kier molecular flexibility index (Phi) is 4.40. The summed E-state index contributed by atoms with van der Waals surface area (Å²) in [6.45, 7) is 0.688. The second kappa shape index (κ2) is 6.30. The van der Waals surface area contributed by atoms with Gasteiger partial charge in [0.25, 0.3) is 0 Å². The monoisotopic (exact) mass is 309 g/mol. The van der Waals surface area contributed by atoms with E-state index in [1.807, 2.05) is 0 Å². The van der Waals surface area contributed by atoms with Crippen LogP contribution in [0.5, 0.6) is 0 Å². The summed E-state index contributed by atoms with van der Waals surface area (Å²) >= 11 is 0. The molecule has 0 radical (unpaired) electrons. The van der Waals surface area contributed by atoms with Crippen molar-refractivity contribution < 1.29 is 13.9 Å². The quantitative estimate of drug-likeness (QED) is 0.944. The summed E-state index contributed by atoms with van der Waals surface area (Å²) < 4.78 is 27.9. The number of aliphatic hydroxyl groups is 1. The lowest BCUT2D eigenvalue weighted by molar-refractivity contribution is 0.0353. The number of aromatic nitrogens is 2. The molecule has 120 valence electrons. The maximum Gasteiger partial charge on any atom is 0.320 e. The normalized spacial score (nSPS) is 23.5. The molecule has 1 saturated heterocycles. The second-order valence-corrected chi connectivity index (χ2v) is 6.00. The zero-order valence-electron chi connectivity index (χ0n) is 12.6. The third-order valence-corrected chi connectivity index (χ3v) is 4.63. The number of piperidine rings is 1. The molecule has 1 aromatic heterocycles. The van der Waals surface area contributed by atoms with Crippen molar-refractivity contribution in [2.45, 2.75) is 38.9 Å². The van der Waals surface area contributed by atoms with Crippen LogP contribution in [0.25, 0.3) is 11.0 Å². The maximum absolute atomic E-state index is 13.5. The van der Waals surface area contributed by atoms with E-state index in [-0.39, 0.29) is 12.6 Å². The van der Waals surface area contributed by atoms with Gasteiger partial charge in [-0.05, 0) is 37.4 Å². The summed E-state index contributed by atoms with van der Waals surface area (Å²) in [6, 6.07) is 6.97. The first-order valence-corrected chi connectivity index (χ1v) is 7.70. The molecule has 0 saturated carbocycles. The van der Waals surface area contributed by atoms with E-state index in [2.05, 4.69) is 16.8 Å². The standard InChI is InChI=1S/C16H21F2N3O/c1-11-5-4-8-20(14(11)10-22)9-15-19-12-6-2-3-7-13(12)21(15)16(17)18/h2-3,6-7,11,14,16,22H,4-5,8-10H2,1H3. The Balaban J connectivity index is 1.94. The van der Waals surface area contributed by atoms with Crippen LogP contribution in [-0.2, 0) is 6.54 Å². The number of fused-ring (bicyclic) bond motifs is 1. The molecular weight excluding hydrogens is 288 g/mol. The van der Waals surface area contributed by atoms with Crippen molar-refractivity contribution in [3.05, 3.63) is 30.1 Å². The molecule has 1 fully saturated rings. The first-order valence-electron chi connectivity index (χ1n) is 7.70. The molecular formula is C16H21F2N3O. The third-order valence-electron chi connectivity index (χ3n) is 4.63. The van der Waals surface area contributed by atoms with Crippen molar-refractivity contribution >= 4 is 11.0 Å². The number of rotatable bonds is 4. The van der Waals surface area contributed by atoms with Crippen LogP contribution in [0.4, 0.5) is 8.78 Å². The van der Waals surface area contributed by atoms with Gasteiger partial charge in [-0.25, -0.2) is 4.98 Å². The van der Waals surface area contributed by atoms with Crippen molar-refractivity contribution in [3.8, 4) is 0 Å². The van der Waals surface area contributed by atoms with Crippen LogP contribution in [0.15, 0.2) is 24.3 Å². The summed E-state index contributed by atoms with van der Waals surface area (Å²) in [7, 11) is 0. The fraction of sp³-hybridized carbons (Fsp3) is 0.562. The van der Waals surface area contributed by atoms with Gasteiger partial charge in [0, 0.05) is 6.04 Å². The minimum absolute atomic E-state index is 0.0136. The number of likely N-dealkylation sites (tertiary alicyclic amines) is 1. The van der Waals surface area contributed by atoms with Gasteiger partial charge in [0.2, 0.25) is 0 Å². The number of benzene rings is 1. The molecule has 6 heteroatoms. The SMILES string of the molecule is CC1CCCN(Cc2nc3ccccc3n2C(F)F)C1CO. The van der Waals surface area contributed by atoms with Gasteiger partial charge in [-0.15, -0.1) is 0 Å². The summed E-state index contributed by atoms with van der Waals surface area (Å²) in [4.78, 5) is 6.46. The maximum atomic E-state index is 13.5. The van der Waals surface area contributed by atoms with Crippen LogP contribution < -0.4 is 0 Å². The number of imidazole rings is 1. The molecule has 0 aliphatic carbocycles. The molecule has 0 spiro atoms. The average molecular weight is 309 g/mol. The number of aliphatic hydroxyl groups excluding tert-OH is 1. The van der Waals surface area contributed by atoms with E-state index in [0.29, 0.717) is 29.3 Å². The summed E-state index contributed by atoms with van der Waals surface area (Å²) in [5, 5.41) is 9.61. The Morgan fingerprint density at radius 2 is 2.14 bits per heavy atom. The van der Waals surface area contributed by atoms with Crippen LogP contribution in [0, 0.1) is 5.92 Å². The lowest BCUT2D eigenvalue weighted by Gasteiger charge is -2.38. The van der Waals surface area contributed by atoms with E-state index in [1.54, 1.807) is 24.3 Å². The molecule has 0 amide bonds. The highest BCUT2D eigenvalue weighted by Crippen LogP contribution is 2.28. The predicted molar refractivity (Wildman–Crippen MR) is 80.7 cm³/mol. The van der Waals surface area contributed by atoms with Crippen molar-refractivity contribution in [1.82, 2.24) is 14.5 Å². The highest BCUT2D eigenvalue weighted by atomic mass is 19.3. The van der Waals surface area contributed by atoms with Crippen molar-refractivity contribution in [3.63, 3.8) is 0 Å². The predicted octanol–water partition coefficient (Wildman–Crippen LogP) is 3.02. The zero-order chi connectivity index (χ0) is 15.7. The summed E-state index contributed by atoms with van der Waals surface area (Å²) in [5.41, 5.74) is 1.04. The average Bonchev–Trinajstić information content (AvgIpc) is 2.85. The van der Waals surface area contributed by atoms with Gasteiger partial charge in [0.1, 0.15) is 5.82 Å².